The minimum absolute atomic E-state index is 0.230. The Labute approximate surface area is 112 Å². The molecule has 0 radical (unpaired) electrons. The summed E-state index contributed by atoms with van der Waals surface area (Å²) in [5.74, 6) is -1.30. The van der Waals surface area contributed by atoms with Gasteiger partial charge in [-0.3, -0.25) is 5.10 Å². The Morgan fingerprint density at radius 1 is 1.42 bits per heavy atom. The van der Waals surface area contributed by atoms with Gasteiger partial charge in [0.2, 0.25) is 5.03 Å². The number of aryl methyl sites for hydroxylation is 1. The van der Waals surface area contributed by atoms with Gasteiger partial charge in [0.15, 0.2) is 0 Å². The first-order chi connectivity index (χ1) is 8.82. The lowest BCUT2D eigenvalue weighted by Crippen LogP contribution is -2.29. The summed E-state index contributed by atoms with van der Waals surface area (Å²) in [5, 5.41) is 14.7. The van der Waals surface area contributed by atoms with Gasteiger partial charge in [-0.25, -0.2) is 13.2 Å². The van der Waals surface area contributed by atoms with Crippen LogP contribution in [0, 0.1) is 6.92 Å². The Morgan fingerprint density at radius 2 is 2.05 bits per heavy atom. The first-order valence-electron chi connectivity index (χ1n) is 6.07. The summed E-state index contributed by atoms with van der Waals surface area (Å²) in [4.78, 5) is 11.1. The number of nitrogens with one attached hydrogen (secondary N) is 1. The quantitative estimate of drug-likeness (QED) is 0.735. The Morgan fingerprint density at radius 3 is 2.58 bits per heavy atom. The first kappa shape index (κ1) is 15.6. The predicted molar refractivity (Wildman–Crippen MR) is 69.6 cm³/mol. The number of aromatic nitrogens is 2. The maximum Gasteiger partial charge on any atom is 0.340 e. The summed E-state index contributed by atoms with van der Waals surface area (Å²) >= 11 is 0. The van der Waals surface area contributed by atoms with Gasteiger partial charge in [0.1, 0.15) is 5.56 Å². The molecular weight excluding hydrogens is 270 g/mol. The lowest BCUT2D eigenvalue weighted by atomic mass is 10.2. The molecule has 0 saturated carbocycles. The summed E-state index contributed by atoms with van der Waals surface area (Å²) in [6, 6.07) is 0. The molecular formula is C11H19N3O4S. The summed E-state index contributed by atoms with van der Waals surface area (Å²) in [6.07, 6.45) is 2.64. The van der Waals surface area contributed by atoms with E-state index in [1.54, 1.807) is 0 Å². The third-order valence-corrected chi connectivity index (χ3v) is 4.65. The molecule has 0 amide bonds. The van der Waals surface area contributed by atoms with E-state index in [1.807, 2.05) is 6.92 Å². The number of carbonyl (C=O) groups is 1. The van der Waals surface area contributed by atoms with Crippen LogP contribution in [0.1, 0.15) is 42.2 Å². The average molecular weight is 289 g/mol. The average Bonchev–Trinajstić information content (AvgIpc) is 2.72. The van der Waals surface area contributed by atoms with Gasteiger partial charge in [-0.1, -0.05) is 19.8 Å². The van der Waals surface area contributed by atoms with Crippen molar-refractivity contribution in [1.29, 1.82) is 0 Å². The zero-order chi connectivity index (χ0) is 14.6. The van der Waals surface area contributed by atoms with Crippen molar-refractivity contribution in [3.63, 3.8) is 0 Å². The second kappa shape index (κ2) is 6.16. The van der Waals surface area contributed by atoms with Gasteiger partial charge in [0, 0.05) is 19.3 Å². The molecule has 8 heteroatoms. The summed E-state index contributed by atoms with van der Waals surface area (Å²) in [6.45, 7) is 3.85. The summed E-state index contributed by atoms with van der Waals surface area (Å²) in [5.41, 5.74) is -0.0598. The number of sulfonamides is 1. The van der Waals surface area contributed by atoms with Gasteiger partial charge < -0.3 is 5.11 Å². The zero-order valence-corrected chi connectivity index (χ0v) is 12.1. The van der Waals surface area contributed by atoms with Crippen LogP contribution in [0.15, 0.2) is 5.03 Å². The monoisotopic (exact) mass is 289 g/mol. The van der Waals surface area contributed by atoms with Crippen LogP contribution in [0.3, 0.4) is 0 Å². The van der Waals surface area contributed by atoms with Crippen molar-refractivity contribution in [1.82, 2.24) is 14.5 Å². The van der Waals surface area contributed by atoms with Crippen molar-refractivity contribution in [2.45, 2.75) is 38.1 Å². The third kappa shape index (κ3) is 3.32. The normalized spacial score (nSPS) is 12.0. The topological polar surface area (TPSA) is 103 Å². The molecule has 0 bridgehead atoms. The maximum absolute atomic E-state index is 12.2. The van der Waals surface area contributed by atoms with E-state index in [2.05, 4.69) is 10.2 Å². The fourth-order valence-electron chi connectivity index (χ4n) is 1.70. The molecule has 0 saturated heterocycles. The molecule has 0 unspecified atom stereocenters. The SMILES string of the molecule is CCCCCN(C)S(=O)(=O)c1n[nH]c(C)c1C(=O)O. The van der Waals surface area contributed by atoms with Crippen molar-refractivity contribution in [2.75, 3.05) is 13.6 Å². The zero-order valence-electron chi connectivity index (χ0n) is 11.3. The molecule has 0 aliphatic rings. The minimum Gasteiger partial charge on any atom is -0.478 e. The maximum atomic E-state index is 12.2. The second-order valence-electron chi connectivity index (χ2n) is 4.37. The predicted octanol–water partition coefficient (Wildman–Crippen LogP) is 1.23. The summed E-state index contributed by atoms with van der Waals surface area (Å²) < 4.78 is 25.6. The van der Waals surface area contributed by atoms with E-state index in [4.69, 9.17) is 5.11 Å². The number of rotatable bonds is 7. The molecule has 108 valence electrons. The van der Waals surface area contributed by atoms with Gasteiger partial charge in [-0.05, 0) is 13.3 Å². The Kier molecular flexibility index (Phi) is 5.07. The smallest absolute Gasteiger partial charge is 0.340 e. The lowest BCUT2D eigenvalue weighted by molar-refractivity contribution is 0.0691. The van der Waals surface area contributed by atoms with E-state index in [-0.39, 0.29) is 11.3 Å². The van der Waals surface area contributed by atoms with Gasteiger partial charge in [0.05, 0.1) is 0 Å². The number of H-pyrrole nitrogens is 1. The Balaban J connectivity index is 3.04. The van der Waals surface area contributed by atoms with Crippen LogP contribution in [-0.2, 0) is 10.0 Å². The molecule has 1 aromatic heterocycles. The van der Waals surface area contributed by atoms with Crippen molar-refractivity contribution >= 4 is 16.0 Å². The van der Waals surface area contributed by atoms with Crippen LogP contribution in [0.5, 0.6) is 0 Å². The number of hydrogen-bond donors (Lipinski definition) is 2. The molecule has 1 heterocycles. The highest BCUT2D eigenvalue weighted by Crippen LogP contribution is 2.19. The van der Waals surface area contributed by atoms with E-state index in [1.165, 1.54) is 14.0 Å². The third-order valence-electron chi connectivity index (χ3n) is 2.86. The number of nitrogens with zero attached hydrogens (tertiary/aromatic N) is 2. The molecule has 1 rings (SSSR count). The van der Waals surface area contributed by atoms with Crippen molar-refractivity contribution < 1.29 is 18.3 Å². The van der Waals surface area contributed by atoms with E-state index in [0.717, 1.165) is 23.6 Å². The van der Waals surface area contributed by atoms with Crippen molar-refractivity contribution in [3.05, 3.63) is 11.3 Å². The van der Waals surface area contributed by atoms with Crippen molar-refractivity contribution in [2.24, 2.45) is 0 Å². The van der Waals surface area contributed by atoms with Crippen LogP contribution in [0.25, 0.3) is 0 Å². The van der Waals surface area contributed by atoms with Gasteiger partial charge >= 0.3 is 5.97 Å². The molecule has 0 aliphatic heterocycles. The van der Waals surface area contributed by atoms with E-state index >= 15 is 0 Å². The van der Waals surface area contributed by atoms with E-state index in [9.17, 15) is 13.2 Å². The highest BCUT2D eigenvalue weighted by atomic mass is 32.2. The van der Waals surface area contributed by atoms with Crippen LogP contribution < -0.4 is 0 Å². The summed E-state index contributed by atoms with van der Waals surface area (Å²) in [7, 11) is -2.43. The molecule has 0 aromatic carbocycles. The molecule has 0 atom stereocenters. The molecule has 0 aliphatic carbocycles. The molecule has 19 heavy (non-hydrogen) atoms. The van der Waals surface area contributed by atoms with E-state index in [0.29, 0.717) is 6.54 Å². The van der Waals surface area contributed by atoms with Crippen molar-refractivity contribution in [3.8, 4) is 0 Å². The number of aromatic amines is 1. The number of aromatic carboxylic acids is 1. The van der Waals surface area contributed by atoms with Crippen LogP contribution in [0.4, 0.5) is 0 Å². The number of carboxylic acid groups (broad SMARTS) is 1. The van der Waals surface area contributed by atoms with Crippen LogP contribution in [0.2, 0.25) is 0 Å². The molecule has 7 nitrogen and oxygen atoms in total. The largest absolute Gasteiger partial charge is 0.478 e. The number of unbranched alkanes of at least 4 members (excludes halogenated alkanes) is 2. The Hall–Kier alpha value is -1.41. The standard InChI is InChI=1S/C11H19N3O4S/c1-4-5-6-7-14(3)19(17,18)10-9(11(15)16)8(2)12-13-10/h4-7H2,1-3H3,(H,12,13)(H,15,16). The van der Waals surface area contributed by atoms with Crippen LogP contribution in [-0.4, -0.2) is 47.6 Å². The highest BCUT2D eigenvalue weighted by molar-refractivity contribution is 7.89. The fourth-order valence-corrected chi connectivity index (χ4v) is 3.02. The van der Waals surface area contributed by atoms with Gasteiger partial charge in [-0.15, -0.1) is 0 Å². The minimum atomic E-state index is -3.86. The Bertz CT molecular complexity index is 550. The number of carboxylic acids is 1. The van der Waals surface area contributed by atoms with Gasteiger partial charge in [-0.2, -0.15) is 9.40 Å². The van der Waals surface area contributed by atoms with E-state index < -0.39 is 21.0 Å². The van der Waals surface area contributed by atoms with Crippen LogP contribution >= 0.6 is 0 Å². The number of hydrogen-bond acceptors (Lipinski definition) is 4. The molecule has 0 fully saturated rings. The second-order valence-corrected chi connectivity index (χ2v) is 6.33. The first-order valence-corrected chi connectivity index (χ1v) is 7.51. The van der Waals surface area contributed by atoms with Gasteiger partial charge in [0.25, 0.3) is 10.0 Å². The molecule has 2 N–H and O–H groups in total. The lowest BCUT2D eigenvalue weighted by Gasteiger charge is -2.15. The molecule has 1 aromatic rings. The fraction of sp³-hybridized carbons (Fsp3) is 0.636. The molecule has 0 spiro atoms. The highest BCUT2D eigenvalue weighted by Gasteiger charge is 2.31.